The monoisotopic (exact) mass is 278 g/mol. The molecule has 1 fully saturated rings. The topological polar surface area (TPSA) is 0 Å². The van der Waals surface area contributed by atoms with Crippen molar-refractivity contribution >= 4 is 0 Å². The Morgan fingerprint density at radius 2 is 1.47 bits per heavy atom. The van der Waals surface area contributed by atoms with Crippen LogP contribution < -0.4 is 0 Å². The van der Waals surface area contributed by atoms with Crippen molar-refractivity contribution in [2.75, 3.05) is 0 Å². The minimum Gasteiger partial charge on any atom is -0.201 e. The fourth-order valence-electron chi connectivity index (χ4n) is 2.02. The molecule has 1 aromatic carbocycles. The Morgan fingerprint density at radius 1 is 0.947 bits per heavy atom. The Balaban J connectivity index is 2.51. The molecule has 1 saturated carbocycles. The number of rotatable bonds is 3. The number of benzene rings is 1. The number of halogens is 5. The van der Waals surface area contributed by atoms with E-state index in [1.165, 1.54) is 6.07 Å². The molecule has 0 radical (unpaired) electrons. The predicted molar refractivity (Wildman–Crippen MR) is 62.2 cm³/mol. The molecule has 0 aliphatic heterocycles. The van der Waals surface area contributed by atoms with Gasteiger partial charge in [0.2, 0.25) is 0 Å². The molecular weight excluding hydrogens is 263 g/mol. The second kappa shape index (κ2) is 4.46. The van der Waals surface area contributed by atoms with Crippen LogP contribution in [0.15, 0.2) is 18.2 Å². The Morgan fingerprint density at radius 3 is 1.89 bits per heavy atom. The fraction of sp³-hybridized carbons (Fsp3) is 0.571. The third-order valence-electron chi connectivity index (χ3n) is 3.42. The molecule has 0 nitrogen and oxygen atoms in total. The van der Waals surface area contributed by atoms with Crippen molar-refractivity contribution in [3.63, 3.8) is 0 Å². The third kappa shape index (κ3) is 2.90. The minimum absolute atomic E-state index is 0.226. The van der Waals surface area contributed by atoms with Gasteiger partial charge in [-0.1, -0.05) is 13.8 Å². The van der Waals surface area contributed by atoms with Gasteiger partial charge in [-0.2, -0.15) is 13.2 Å². The molecule has 0 amide bonds. The quantitative estimate of drug-likeness (QED) is 0.655. The van der Waals surface area contributed by atoms with E-state index >= 15 is 0 Å². The van der Waals surface area contributed by atoms with Gasteiger partial charge in [0.1, 0.15) is 0 Å². The molecule has 19 heavy (non-hydrogen) atoms. The zero-order chi connectivity index (χ0) is 14.4. The Hall–Kier alpha value is -1.13. The molecule has 0 heterocycles. The lowest BCUT2D eigenvalue weighted by molar-refractivity contribution is -0.138. The van der Waals surface area contributed by atoms with E-state index in [4.69, 9.17) is 0 Å². The lowest BCUT2D eigenvalue weighted by atomic mass is 9.93. The molecule has 1 aromatic rings. The molecule has 0 unspecified atom stereocenters. The van der Waals surface area contributed by atoms with Crippen LogP contribution in [0.25, 0.3) is 0 Å². The summed E-state index contributed by atoms with van der Waals surface area (Å²) in [6.07, 6.45) is -3.85. The fourth-order valence-corrected chi connectivity index (χ4v) is 2.02. The molecule has 5 heteroatoms. The number of hydrogen-bond donors (Lipinski definition) is 0. The largest absolute Gasteiger partial charge is 0.416 e. The maximum absolute atomic E-state index is 14.0. The number of hydrogen-bond acceptors (Lipinski definition) is 0. The van der Waals surface area contributed by atoms with Gasteiger partial charge in [-0.3, -0.25) is 0 Å². The second-order valence-corrected chi connectivity index (χ2v) is 5.39. The molecule has 106 valence electrons. The van der Waals surface area contributed by atoms with Gasteiger partial charge in [-0.05, 0) is 42.5 Å². The van der Waals surface area contributed by atoms with Crippen LogP contribution in [0.5, 0.6) is 0 Å². The van der Waals surface area contributed by atoms with Crippen LogP contribution in [-0.2, 0) is 12.1 Å². The van der Waals surface area contributed by atoms with Crippen molar-refractivity contribution < 1.29 is 22.0 Å². The van der Waals surface area contributed by atoms with Crippen LogP contribution in [0.4, 0.5) is 22.0 Å². The van der Waals surface area contributed by atoms with E-state index in [0.717, 1.165) is 6.07 Å². The highest BCUT2D eigenvalue weighted by molar-refractivity contribution is 5.36. The van der Waals surface area contributed by atoms with E-state index < -0.39 is 29.1 Å². The van der Waals surface area contributed by atoms with Gasteiger partial charge in [-0.25, -0.2) is 8.78 Å². The highest BCUT2D eigenvalue weighted by atomic mass is 19.4. The first-order valence-electron chi connectivity index (χ1n) is 6.23. The Labute approximate surface area is 108 Å². The number of alkyl halides is 5. The molecular formula is C14H15F5. The smallest absolute Gasteiger partial charge is 0.201 e. The van der Waals surface area contributed by atoms with Crippen molar-refractivity contribution in [1.29, 1.82) is 0 Å². The Kier molecular flexibility index (Phi) is 3.35. The third-order valence-corrected chi connectivity index (χ3v) is 3.42. The van der Waals surface area contributed by atoms with Gasteiger partial charge in [0.05, 0.1) is 5.56 Å². The van der Waals surface area contributed by atoms with E-state index in [1.807, 2.05) is 0 Å². The lowest BCUT2D eigenvalue weighted by Crippen LogP contribution is -2.18. The first kappa shape index (κ1) is 14.3. The van der Waals surface area contributed by atoms with Gasteiger partial charge in [0, 0.05) is 11.5 Å². The molecule has 0 N–H and O–H groups in total. The van der Waals surface area contributed by atoms with Crippen molar-refractivity contribution in [2.45, 2.75) is 44.7 Å². The summed E-state index contributed by atoms with van der Waals surface area (Å²) in [6.45, 7) is 3.38. The van der Waals surface area contributed by atoms with Crippen LogP contribution in [0, 0.1) is 5.92 Å². The highest BCUT2D eigenvalue weighted by Gasteiger charge is 2.48. The van der Waals surface area contributed by atoms with E-state index in [0.29, 0.717) is 24.5 Å². The lowest BCUT2D eigenvalue weighted by Gasteiger charge is -2.20. The standard InChI is InChI=1S/C14H15F5/c1-8(2)9-5-11(13(15,16)10-3-4-10)7-12(6-9)14(17,18)19/h5-8,10H,3-4H2,1-2H3. The summed E-state index contributed by atoms with van der Waals surface area (Å²) in [6, 6.07) is 2.75. The van der Waals surface area contributed by atoms with E-state index in [9.17, 15) is 22.0 Å². The van der Waals surface area contributed by atoms with Crippen LogP contribution in [0.2, 0.25) is 0 Å². The first-order valence-corrected chi connectivity index (χ1v) is 6.23. The zero-order valence-corrected chi connectivity index (χ0v) is 10.7. The van der Waals surface area contributed by atoms with E-state index in [2.05, 4.69) is 0 Å². The van der Waals surface area contributed by atoms with E-state index in [-0.39, 0.29) is 5.92 Å². The van der Waals surface area contributed by atoms with Crippen LogP contribution in [-0.4, -0.2) is 0 Å². The van der Waals surface area contributed by atoms with Gasteiger partial charge in [0.15, 0.2) is 0 Å². The van der Waals surface area contributed by atoms with Crippen molar-refractivity contribution in [3.05, 3.63) is 34.9 Å². The molecule has 0 saturated heterocycles. The summed E-state index contributed by atoms with van der Waals surface area (Å²) in [7, 11) is 0. The van der Waals surface area contributed by atoms with Crippen molar-refractivity contribution in [1.82, 2.24) is 0 Å². The van der Waals surface area contributed by atoms with Crippen LogP contribution in [0.3, 0.4) is 0 Å². The summed E-state index contributed by atoms with van der Waals surface area (Å²) in [4.78, 5) is 0. The molecule has 0 spiro atoms. The molecule has 0 aromatic heterocycles. The summed E-state index contributed by atoms with van der Waals surface area (Å²) in [5, 5.41) is 0. The molecule has 2 rings (SSSR count). The van der Waals surface area contributed by atoms with Crippen molar-refractivity contribution in [3.8, 4) is 0 Å². The average molecular weight is 278 g/mol. The molecule has 0 bridgehead atoms. The summed E-state index contributed by atoms with van der Waals surface area (Å²) in [5.41, 5.74) is -1.20. The van der Waals surface area contributed by atoms with Gasteiger partial charge >= 0.3 is 6.18 Å². The van der Waals surface area contributed by atoms with Gasteiger partial charge in [-0.15, -0.1) is 0 Å². The average Bonchev–Trinajstić information content (AvgIpc) is 3.11. The predicted octanol–water partition coefficient (Wildman–Crippen LogP) is 5.33. The van der Waals surface area contributed by atoms with Gasteiger partial charge in [0.25, 0.3) is 5.92 Å². The Bertz CT molecular complexity index is 469. The molecule has 0 atom stereocenters. The summed E-state index contributed by atoms with van der Waals surface area (Å²) < 4.78 is 66.3. The second-order valence-electron chi connectivity index (χ2n) is 5.39. The van der Waals surface area contributed by atoms with E-state index in [1.54, 1.807) is 13.8 Å². The van der Waals surface area contributed by atoms with Crippen LogP contribution >= 0.6 is 0 Å². The van der Waals surface area contributed by atoms with Crippen LogP contribution in [0.1, 0.15) is 49.3 Å². The SMILES string of the molecule is CC(C)c1cc(C(F)(F)F)cc(C(F)(F)C2CC2)c1. The highest BCUT2D eigenvalue weighted by Crippen LogP contribution is 2.50. The van der Waals surface area contributed by atoms with Crippen molar-refractivity contribution in [2.24, 2.45) is 5.92 Å². The summed E-state index contributed by atoms with van der Waals surface area (Å²) >= 11 is 0. The maximum atomic E-state index is 14.0. The van der Waals surface area contributed by atoms with Gasteiger partial charge < -0.3 is 0 Å². The summed E-state index contributed by atoms with van der Waals surface area (Å²) in [5.74, 6) is -4.20. The molecule has 1 aliphatic rings. The maximum Gasteiger partial charge on any atom is 0.416 e. The minimum atomic E-state index is -4.60. The first-order chi connectivity index (χ1) is 8.62. The zero-order valence-electron chi connectivity index (χ0n) is 10.7. The molecule has 1 aliphatic carbocycles. The normalized spacial score (nSPS) is 17.1.